The van der Waals surface area contributed by atoms with Crippen LogP contribution in [0.15, 0.2) is 24.3 Å². The Morgan fingerprint density at radius 1 is 1.35 bits per heavy atom. The smallest absolute Gasteiger partial charge is 0.408 e. The first-order chi connectivity index (χ1) is 7.49. The van der Waals surface area contributed by atoms with Crippen molar-refractivity contribution >= 4 is 18.5 Å². The fourth-order valence-electron chi connectivity index (χ4n) is 1.50. The second-order valence-electron chi connectivity index (χ2n) is 3.51. The van der Waals surface area contributed by atoms with Crippen LogP contribution in [0.5, 0.6) is 5.75 Å². The molecule has 1 saturated heterocycles. The fraction of sp³-hybridized carbons (Fsp3) is 0.300. The largest absolute Gasteiger partial charge is 0.508 e. The van der Waals surface area contributed by atoms with Crippen LogP contribution in [0.1, 0.15) is 11.6 Å². The molecule has 17 heavy (non-hydrogen) atoms. The highest BCUT2D eigenvalue weighted by molar-refractivity contribution is 5.85. The highest BCUT2D eigenvalue weighted by Gasteiger charge is 2.46. The molecule has 1 fully saturated rings. The summed E-state index contributed by atoms with van der Waals surface area (Å²) in [5.74, 6) is -3.18. The highest BCUT2D eigenvalue weighted by atomic mass is 35.5. The summed E-state index contributed by atoms with van der Waals surface area (Å²) in [6.45, 7) is -0.940. The zero-order valence-corrected chi connectivity index (χ0v) is 9.34. The second kappa shape index (κ2) is 4.75. The number of carbonyl (C=O) groups excluding carboxylic acids is 1. The number of phenolic OH excluding ortho intramolecular Hbond substituents is 1. The summed E-state index contributed by atoms with van der Waals surface area (Å²) in [6, 6.07) is 3.81. The van der Waals surface area contributed by atoms with Gasteiger partial charge in [0.25, 0.3) is 0 Å². The van der Waals surface area contributed by atoms with Crippen molar-refractivity contribution < 1.29 is 23.4 Å². The Kier molecular flexibility index (Phi) is 3.77. The number of hydrogen-bond donors (Lipinski definition) is 2. The Balaban J connectivity index is 0.00000144. The lowest BCUT2D eigenvalue weighted by molar-refractivity contribution is -0.104. The van der Waals surface area contributed by atoms with Crippen LogP contribution >= 0.6 is 12.4 Å². The van der Waals surface area contributed by atoms with Gasteiger partial charge in [-0.1, -0.05) is 12.1 Å². The van der Waals surface area contributed by atoms with Crippen LogP contribution in [0.4, 0.5) is 13.6 Å². The molecule has 2 N–H and O–H groups in total. The Labute approximate surface area is 102 Å². The predicted molar refractivity (Wildman–Crippen MR) is 57.5 cm³/mol. The van der Waals surface area contributed by atoms with E-state index in [-0.39, 0.29) is 23.7 Å². The summed E-state index contributed by atoms with van der Waals surface area (Å²) >= 11 is 0. The van der Waals surface area contributed by atoms with E-state index >= 15 is 0 Å². The van der Waals surface area contributed by atoms with Crippen LogP contribution in [0.25, 0.3) is 0 Å². The van der Waals surface area contributed by atoms with Gasteiger partial charge < -0.3 is 15.2 Å². The third-order valence-electron chi connectivity index (χ3n) is 2.31. The van der Waals surface area contributed by atoms with Gasteiger partial charge in [-0.2, -0.15) is 0 Å². The topological polar surface area (TPSA) is 58.6 Å². The highest BCUT2D eigenvalue weighted by Crippen LogP contribution is 2.34. The van der Waals surface area contributed by atoms with E-state index in [1.807, 2.05) is 5.32 Å². The van der Waals surface area contributed by atoms with Crippen molar-refractivity contribution in [2.24, 2.45) is 0 Å². The number of benzene rings is 1. The first-order valence-electron chi connectivity index (χ1n) is 4.59. The molecular weight excluding hydrogens is 256 g/mol. The van der Waals surface area contributed by atoms with E-state index in [4.69, 9.17) is 5.11 Å². The van der Waals surface area contributed by atoms with Gasteiger partial charge in [0.15, 0.2) is 6.61 Å². The zero-order chi connectivity index (χ0) is 11.8. The molecule has 0 saturated carbocycles. The number of halogens is 3. The lowest BCUT2D eigenvalue weighted by atomic mass is 10.00. The number of rotatable bonds is 1. The number of alkyl carbamates (subject to hydrolysis) is 1. The number of phenols is 1. The summed E-state index contributed by atoms with van der Waals surface area (Å²) in [4.78, 5) is 10.9. The zero-order valence-electron chi connectivity index (χ0n) is 8.52. The van der Waals surface area contributed by atoms with Crippen LogP contribution in [0, 0.1) is 0 Å². The molecule has 1 heterocycles. The van der Waals surface area contributed by atoms with Gasteiger partial charge in [-0.3, -0.25) is 0 Å². The average Bonchev–Trinajstić information content (AvgIpc) is 2.23. The normalized spacial score (nSPS) is 22.0. The molecule has 4 nitrogen and oxygen atoms in total. The van der Waals surface area contributed by atoms with Gasteiger partial charge in [-0.05, 0) is 17.7 Å². The van der Waals surface area contributed by atoms with Gasteiger partial charge in [0.05, 0.1) is 0 Å². The summed E-state index contributed by atoms with van der Waals surface area (Å²) in [5, 5.41) is 11.1. The van der Waals surface area contributed by atoms with Crippen LogP contribution in [0.3, 0.4) is 0 Å². The molecule has 0 unspecified atom stereocenters. The summed E-state index contributed by atoms with van der Waals surface area (Å²) in [5.41, 5.74) is 0.222. The molecule has 1 aliphatic heterocycles. The number of nitrogens with one attached hydrogen (secondary N) is 1. The van der Waals surface area contributed by atoms with Gasteiger partial charge >= 0.3 is 12.0 Å². The SMILES string of the molecule is Cl.O=C1N[C@@H](c2ccc(O)cc2)C(F)(F)CO1. The molecule has 0 spiro atoms. The molecule has 1 aliphatic rings. The maximum atomic E-state index is 13.4. The van der Waals surface area contributed by atoms with E-state index < -0.39 is 24.7 Å². The van der Waals surface area contributed by atoms with Crippen molar-refractivity contribution in [3.05, 3.63) is 29.8 Å². The van der Waals surface area contributed by atoms with Crippen molar-refractivity contribution in [2.75, 3.05) is 6.61 Å². The fourth-order valence-corrected chi connectivity index (χ4v) is 1.50. The van der Waals surface area contributed by atoms with E-state index in [0.717, 1.165) is 0 Å². The number of carbonyl (C=O) groups is 1. The van der Waals surface area contributed by atoms with Gasteiger partial charge in [-0.25, -0.2) is 13.6 Å². The van der Waals surface area contributed by atoms with E-state index in [1.54, 1.807) is 0 Å². The van der Waals surface area contributed by atoms with E-state index in [9.17, 15) is 13.6 Å². The van der Waals surface area contributed by atoms with Crippen LogP contribution < -0.4 is 5.32 Å². The number of ether oxygens (including phenoxy) is 1. The number of hydrogen-bond acceptors (Lipinski definition) is 3. The minimum atomic E-state index is -3.16. The third-order valence-corrected chi connectivity index (χ3v) is 2.31. The lowest BCUT2D eigenvalue weighted by Crippen LogP contribution is -2.49. The van der Waals surface area contributed by atoms with E-state index in [1.165, 1.54) is 24.3 Å². The lowest BCUT2D eigenvalue weighted by Gasteiger charge is -2.31. The number of amides is 1. The van der Waals surface area contributed by atoms with Gasteiger partial charge in [0, 0.05) is 0 Å². The molecule has 0 aromatic heterocycles. The summed E-state index contributed by atoms with van der Waals surface area (Å²) in [6.07, 6.45) is -0.871. The molecule has 0 aliphatic carbocycles. The van der Waals surface area contributed by atoms with E-state index in [2.05, 4.69) is 4.74 Å². The molecular formula is C10H10ClF2NO3. The maximum Gasteiger partial charge on any atom is 0.408 e. The average molecular weight is 266 g/mol. The van der Waals surface area contributed by atoms with Crippen molar-refractivity contribution in [2.45, 2.75) is 12.0 Å². The Bertz CT molecular complexity index is 411. The molecule has 94 valence electrons. The van der Waals surface area contributed by atoms with Crippen molar-refractivity contribution in [3.63, 3.8) is 0 Å². The molecule has 1 amide bonds. The number of alkyl halides is 2. The second-order valence-corrected chi connectivity index (χ2v) is 3.51. The van der Waals surface area contributed by atoms with Crippen molar-refractivity contribution in [1.29, 1.82) is 0 Å². The van der Waals surface area contributed by atoms with Crippen LogP contribution in [-0.4, -0.2) is 23.7 Å². The Morgan fingerprint density at radius 2 is 1.94 bits per heavy atom. The molecule has 0 bridgehead atoms. The predicted octanol–water partition coefficient (Wildman–Crippen LogP) is 2.23. The molecule has 0 radical (unpaired) electrons. The van der Waals surface area contributed by atoms with Gasteiger partial charge in [0.1, 0.15) is 11.8 Å². The maximum absolute atomic E-state index is 13.4. The summed E-state index contributed by atoms with van der Waals surface area (Å²) in [7, 11) is 0. The minimum absolute atomic E-state index is 0. The quantitative estimate of drug-likeness (QED) is 0.819. The first-order valence-corrected chi connectivity index (χ1v) is 4.59. The monoisotopic (exact) mass is 265 g/mol. The molecule has 7 heteroatoms. The van der Waals surface area contributed by atoms with Gasteiger partial charge in [-0.15, -0.1) is 12.4 Å². The van der Waals surface area contributed by atoms with Crippen molar-refractivity contribution in [1.82, 2.24) is 5.32 Å². The third kappa shape index (κ3) is 2.76. The number of cyclic esters (lactones) is 1. The first kappa shape index (κ1) is 13.5. The van der Waals surface area contributed by atoms with E-state index in [0.29, 0.717) is 0 Å². The molecule has 2 rings (SSSR count). The number of aromatic hydroxyl groups is 1. The van der Waals surface area contributed by atoms with Crippen LogP contribution in [0.2, 0.25) is 0 Å². The standard InChI is InChI=1S/C10H9F2NO3.ClH/c11-10(12)5-16-9(15)13-8(10)6-1-3-7(14)4-2-6;/h1-4,8,14H,5H2,(H,13,15);1H/t8-;/m0./s1. The summed E-state index contributed by atoms with van der Waals surface area (Å²) < 4.78 is 31.1. The van der Waals surface area contributed by atoms with Crippen LogP contribution in [-0.2, 0) is 4.74 Å². The molecule has 1 aromatic rings. The Hall–Kier alpha value is -1.56. The molecule has 1 atom stereocenters. The Morgan fingerprint density at radius 3 is 2.53 bits per heavy atom. The molecule has 1 aromatic carbocycles. The van der Waals surface area contributed by atoms with Gasteiger partial charge in [0.2, 0.25) is 0 Å². The van der Waals surface area contributed by atoms with Crippen molar-refractivity contribution in [3.8, 4) is 5.75 Å². The minimum Gasteiger partial charge on any atom is -0.508 e.